The Balaban J connectivity index is 1.90. The van der Waals surface area contributed by atoms with Crippen molar-refractivity contribution in [1.82, 2.24) is 5.43 Å². The lowest BCUT2D eigenvalue weighted by Gasteiger charge is -2.06. The second-order valence-electron chi connectivity index (χ2n) is 4.62. The van der Waals surface area contributed by atoms with Crippen molar-refractivity contribution in [2.45, 2.75) is 0 Å². The van der Waals surface area contributed by atoms with Crippen LogP contribution in [0.15, 0.2) is 41.5 Å². The molecule has 2 aromatic rings. The maximum Gasteiger partial charge on any atom is 0.288 e. The van der Waals surface area contributed by atoms with Crippen LogP contribution in [0, 0.1) is 10.1 Å². The average Bonchev–Trinajstić information content (AvgIpc) is 2.55. The number of nitro groups is 1. The Kier molecular flexibility index (Phi) is 6.58. The smallest absolute Gasteiger partial charge is 0.288 e. The number of nitro benzene ring substituents is 1. The Morgan fingerprint density at radius 3 is 2.64 bits per heavy atom. The molecule has 0 aliphatic carbocycles. The molecule has 0 heterocycles. The van der Waals surface area contributed by atoms with E-state index in [9.17, 15) is 14.9 Å². The number of hydrazone groups is 1. The number of nitrogens with one attached hydrogen (secondary N) is 1. The monoisotopic (exact) mass is 401 g/mol. The Hall–Kier alpha value is -2.35. The lowest BCUT2D eigenvalue weighted by Crippen LogP contribution is -2.24. The van der Waals surface area contributed by atoms with Crippen molar-refractivity contribution < 1.29 is 14.5 Å². The predicted octanol–water partition coefficient (Wildman–Crippen LogP) is 4.08. The van der Waals surface area contributed by atoms with Crippen LogP contribution in [-0.4, -0.2) is 23.7 Å². The minimum absolute atomic E-state index is 0.0134. The molecule has 25 heavy (non-hydrogen) atoms. The summed E-state index contributed by atoms with van der Waals surface area (Å²) in [6.07, 6.45) is 1.25. The second kappa shape index (κ2) is 8.66. The quantitative estimate of drug-likeness (QED) is 0.447. The molecule has 0 aliphatic rings. The summed E-state index contributed by atoms with van der Waals surface area (Å²) < 4.78 is 5.24. The van der Waals surface area contributed by atoms with Gasteiger partial charge in [-0.1, -0.05) is 40.9 Å². The second-order valence-corrected chi connectivity index (χ2v) is 5.88. The van der Waals surface area contributed by atoms with E-state index in [1.165, 1.54) is 36.5 Å². The van der Waals surface area contributed by atoms with Crippen molar-refractivity contribution >= 4 is 52.6 Å². The van der Waals surface area contributed by atoms with Crippen LogP contribution >= 0.6 is 34.8 Å². The van der Waals surface area contributed by atoms with Gasteiger partial charge in [-0.25, -0.2) is 5.43 Å². The summed E-state index contributed by atoms with van der Waals surface area (Å²) in [4.78, 5) is 21.9. The molecule has 2 rings (SSSR count). The maximum absolute atomic E-state index is 11.7. The first-order valence-corrected chi connectivity index (χ1v) is 7.84. The number of carbonyl (C=O) groups is 1. The summed E-state index contributed by atoms with van der Waals surface area (Å²) in [6, 6.07) is 8.73. The van der Waals surface area contributed by atoms with Gasteiger partial charge in [-0.15, -0.1) is 0 Å². The number of nitrogens with zero attached hydrogens (tertiary/aromatic N) is 2. The van der Waals surface area contributed by atoms with E-state index in [-0.39, 0.29) is 22.3 Å². The van der Waals surface area contributed by atoms with Crippen molar-refractivity contribution in [3.8, 4) is 5.75 Å². The molecule has 0 unspecified atom stereocenters. The lowest BCUT2D eigenvalue weighted by molar-refractivity contribution is -0.384. The minimum Gasteiger partial charge on any atom is -0.482 e. The van der Waals surface area contributed by atoms with Crippen LogP contribution in [0.1, 0.15) is 5.56 Å². The van der Waals surface area contributed by atoms with E-state index in [0.717, 1.165) is 0 Å². The van der Waals surface area contributed by atoms with Gasteiger partial charge in [-0.3, -0.25) is 14.9 Å². The van der Waals surface area contributed by atoms with Gasteiger partial charge in [0.2, 0.25) is 0 Å². The Morgan fingerprint density at radius 2 is 1.96 bits per heavy atom. The number of hydrogen-bond donors (Lipinski definition) is 1. The van der Waals surface area contributed by atoms with Gasteiger partial charge in [0.1, 0.15) is 10.8 Å². The molecular weight excluding hydrogens is 393 g/mol. The molecule has 130 valence electrons. The molecule has 0 aromatic heterocycles. The van der Waals surface area contributed by atoms with Crippen molar-refractivity contribution in [2.75, 3.05) is 6.61 Å². The van der Waals surface area contributed by atoms with E-state index in [4.69, 9.17) is 39.5 Å². The van der Waals surface area contributed by atoms with Gasteiger partial charge in [0, 0.05) is 16.7 Å². The van der Waals surface area contributed by atoms with Crippen LogP contribution in [0.3, 0.4) is 0 Å². The molecular formula is C15H10Cl3N3O4. The van der Waals surface area contributed by atoms with Crippen LogP contribution in [0.4, 0.5) is 5.69 Å². The molecule has 0 bridgehead atoms. The molecule has 1 N–H and O–H groups in total. The summed E-state index contributed by atoms with van der Waals surface area (Å²) in [5, 5.41) is 15.2. The highest BCUT2D eigenvalue weighted by molar-refractivity contribution is 6.35. The zero-order valence-corrected chi connectivity index (χ0v) is 14.7. The predicted molar refractivity (Wildman–Crippen MR) is 95.8 cm³/mol. The molecule has 7 nitrogen and oxygen atoms in total. The van der Waals surface area contributed by atoms with Gasteiger partial charge in [0.15, 0.2) is 6.61 Å². The molecule has 0 radical (unpaired) electrons. The topological polar surface area (TPSA) is 93.8 Å². The van der Waals surface area contributed by atoms with Gasteiger partial charge in [-0.05, 0) is 24.3 Å². The fourth-order valence-electron chi connectivity index (χ4n) is 1.70. The first-order chi connectivity index (χ1) is 11.9. The SMILES string of the molecule is O=C(COc1ccc(Cl)cc1Cl)N/N=C/c1ccc(Cl)c([N+](=O)[O-])c1. The van der Waals surface area contributed by atoms with Crippen molar-refractivity contribution in [2.24, 2.45) is 5.10 Å². The highest BCUT2D eigenvalue weighted by Crippen LogP contribution is 2.27. The average molecular weight is 403 g/mol. The van der Waals surface area contributed by atoms with Crippen molar-refractivity contribution in [3.63, 3.8) is 0 Å². The molecule has 0 aliphatic heterocycles. The van der Waals surface area contributed by atoms with E-state index in [2.05, 4.69) is 10.5 Å². The normalized spacial score (nSPS) is 10.7. The minimum atomic E-state index is -0.609. The number of rotatable bonds is 6. The van der Waals surface area contributed by atoms with E-state index in [0.29, 0.717) is 16.3 Å². The summed E-state index contributed by atoms with van der Waals surface area (Å²) in [5.41, 5.74) is 2.38. The van der Waals surface area contributed by atoms with E-state index in [1.54, 1.807) is 6.07 Å². The zero-order chi connectivity index (χ0) is 18.4. The largest absolute Gasteiger partial charge is 0.482 e. The number of carbonyl (C=O) groups excluding carboxylic acids is 1. The number of ether oxygens (including phenoxy) is 1. The third kappa shape index (κ3) is 5.60. The van der Waals surface area contributed by atoms with Gasteiger partial charge >= 0.3 is 0 Å². The summed E-state index contributed by atoms with van der Waals surface area (Å²) >= 11 is 17.4. The molecule has 10 heteroatoms. The molecule has 0 fully saturated rings. The standard InChI is InChI=1S/C15H10Cl3N3O4/c16-10-2-4-14(12(18)6-10)25-8-15(22)20-19-7-9-1-3-11(17)13(5-9)21(23)24/h1-7H,8H2,(H,20,22)/b19-7+. The molecule has 0 spiro atoms. The Bertz CT molecular complexity index is 843. The van der Waals surface area contributed by atoms with Crippen LogP contribution < -0.4 is 10.2 Å². The van der Waals surface area contributed by atoms with E-state index < -0.39 is 10.8 Å². The first-order valence-electron chi connectivity index (χ1n) is 6.70. The molecule has 0 atom stereocenters. The Labute approximate surface area is 157 Å². The highest BCUT2D eigenvalue weighted by atomic mass is 35.5. The molecule has 0 saturated heterocycles. The molecule has 0 saturated carbocycles. The summed E-state index contributed by atoms with van der Waals surface area (Å²) in [7, 11) is 0. The molecule has 2 aromatic carbocycles. The Morgan fingerprint density at radius 1 is 1.20 bits per heavy atom. The van der Waals surface area contributed by atoms with Gasteiger partial charge in [-0.2, -0.15) is 5.10 Å². The van der Waals surface area contributed by atoms with Crippen LogP contribution in [0.5, 0.6) is 5.75 Å². The number of hydrogen-bond acceptors (Lipinski definition) is 5. The number of benzene rings is 2. The fourth-order valence-corrected chi connectivity index (χ4v) is 2.35. The maximum atomic E-state index is 11.7. The number of halogens is 3. The fraction of sp³-hybridized carbons (Fsp3) is 0.0667. The van der Waals surface area contributed by atoms with Crippen LogP contribution in [0.2, 0.25) is 15.1 Å². The zero-order valence-electron chi connectivity index (χ0n) is 12.4. The summed E-state index contributed by atoms with van der Waals surface area (Å²) in [6.45, 7) is -0.320. The summed E-state index contributed by atoms with van der Waals surface area (Å²) in [5.74, 6) is -0.232. The van der Waals surface area contributed by atoms with E-state index >= 15 is 0 Å². The first kappa shape index (κ1) is 19.0. The van der Waals surface area contributed by atoms with E-state index in [1.807, 2.05) is 0 Å². The van der Waals surface area contributed by atoms with Gasteiger partial charge < -0.3 is 4.74 Å². The molecule has 1 amide bonds. The van der Waals surface area contributed by atoms with Crippen LogP contribution in [-0.2, 0) is 4.79 Å². The highest BCUT2D eigenvalue weighted by Gasteiger charge is 2.12. The third-order valence-corrected chi connectivity index (χ3v) is 3.67. The van der Waals surface area contributed by atoms with Crippen molar-refractivity contribution in [1.29, 1.82) is 0 Å². The lowest BCUT2D eigenvalue weighted by atomic mass is 10.2. The van der Waals surface area contributed by atoms with Gasteiger partial charge in [0.05, 0.1) is 16.2 Å². The van der Waals surface area contributed by atoms with Crippen molar-refractivity contribution in [3.05, 3.63) is 67.1 Å². The van der Waals surface area contributed by atoms with Gasteiger partial charge in [0.25, 0.3) is 11.6 Å². The third-order valence-electron chi connectivity index (χ3n) is 2.82. The van der Waals surface area contributed by atoms with Crippen LogP contribution in [0.25, 0.3) is 0 Å². The number of amides is 1.